The summed E-state index contributed by atoms with van der Waals surface area (Å²) >= 11 is 3.59. The minimum Gasteiger partial charge on any atom is -0.377 e. The third-order valence-electron chi connectivity index (χ3n) is 3.26. The van der Waals surface area contributed by atoms with Crippen molar-refractivity contribution in [2.24, 2.45) is 0 Å². The first kappa shape index (κ1) is 8.74. The van der Waals surface area contributed by atoms with Crippen molar-refractivity contribution >= 4 is 21.6 Å². The molecule has 14 heavy (non-hydrogen) atoms. The number of hydrogen-bond acceptors (Lipinski definition) is 2. The topological polar surface area (TPSA) is 24.1 Å². The van der Waals surface area contributed by atoms with Crippen molar-refractivity contribution in [2.75, 3.05) is 18.4 Å². The van der Waals surface area contributed by atoms with Crippen molar-refractivity contribution in [3.63, 3.8) is 0 Å². The first-order chi connectivity index (χ1) is 6.79. The zero-order valence-corrected chi connectivity index (χ0v) is 9.52. The molecule has 1 fully saturated rings. The van der Waals surface area contributed by atoms with Gasteiger partial charge in [0.15, 0.2) is 0 Å². The molecule has 0 radical (unpaired) electrons. The molecule has 0 saturated carbocycles. The lowest BCUT2D eigenvalue weighted by Gasteiger charge is -2.23. The molecule has 74 valence electrons. The largest absolute Gasteiger partial charge is 0.377 e. The van der Waals surface area contributed by atoms with Gasteiger partial charge in [-0.3, -0.25) is 0 Å². The highest BCUT2D eigenvalue weighted by atomic mass is 79.9. The summed E-state index contributed by atoms with van der Waals surface area (Å²) in [5.74, 6) is 0. The Labute approximate surface area is 92.2 Å². The Morgan fingerprint density at radius 1 is 1.36 bits per heavy atom. The Morgan fingerprint density at radius 3 is 3.00 bits per heavy atom. The molecule has 2 nitrogen and oxygen atoms in total. The van der Waals surface area contributed by atoms with Gasteiger partial charge in [-0.1, -0.05) is 12.1 Å². The monoisotopic (exact) mass is 252 g/mol. The first-order valence-corrected chi connectivity index (χ1v) is 5.85. The maximum absolute atomic E-state index is 3.67. The van der Waals surface area contributed by atoms with Crippen LogP contribution in [0.1, 0.15) is 12.0 Å². The lowest BCUT2D eigenvalue weighted by Crippen LogP contribution is -2.38. The zero-order valence-electron chi connectivity index (χ0n) is 7.94. The molecular weight excluding hydrogens is 240 g/mol. The first-order valence-electron chi connectivity index (χ1n) is 5.05. The van der Waals surface area contributed by atoms with Gasteiger partial charge in [0, 0.05) is 11.0 Å². The van der Waals surface area contributed by atoms with E-state index in [2.05, 4.69) is 44.8 Å². The Bertz CT molecular complexity index is 370. The van der Waals surface area contributed by atoms with Crippen LogP contribution in [0, 0.1) is 0 Å². The molecule has 1 aromatic carbocycles. The standard InChI is InChI=1S/C11H13BrN2/c12-9-3-1-2-8-6-11(14-10(8)9)4-5-13-7-11/h1-3,13-14H,4-7H2. The van der Waals surface area contributed by atoms with E-state index in [1.165, 1.54) is 22.1 Å². The van der Waals surface area contributed by atoms with Crippen molar-refractivity contribution in [1.82, 2.24) is 5.32 Å². The van der Waals surface area contributed by atoms with Crippen molar-refractivity contribution < 1.29 is 0 Å². The van der Waals surface area contributed by atoms with Crippen LogP contribution < -0.4 is 10.6 Å². The number of fused-ring (bicyclic) bond motifs is 1. The van der Waals surface area contributed by atoms with E-state index in [0.29, 0.717) is 5.54 Å². The summed E-state index contributed by atoms with van der Waals surface area (Å²) in [6.07, 6.45) is 2.39. The van der Waals surface area contributed by atoms with E-state index in [4.69, 9.17) is 0 Å². The van der Waals surface area contributed by atoms with E-state index in [1.807, 2.05) is 0 Å². The SMILES string of the molecule is Brc1cccc2c1NC1(CCNC1)C2. The van der Waals surface area contributed by atoms with Crippen LogP contribution in [0.4, 0.5) is 5.69 Å². The van der Waals surface area contributed by atoms with Gasteiger partial charge < -0.3 is 10.6 Å². The molecule has 2 N–H and O–H groups in total. The maximum atomic E-state index is 3.67. The number of para-hydroxylation sites is 1. The van der Waals surface area contributed by atoms with Crippen LogP contribution >= 0.6 is 15.9 Å². The van der Waals surface area contributed by atoms with Crippen LogP contribution in [0.2, 0.25) is 0 Å². The van der Waals surface area contributed by atoms with Crippen LogP contribution in [0.15, 0.2) is 22.7 Å². The highest BCUT2D eigenvalue weighted by molar-refractivity contribution is 9.10. The lowest BCUT2D eigenvalue weighted by molar-refractivity contribution is 0.533. The summed E-state index contributed by atoms with van der Waals surface area (Å²) in [5.41, 5.74) is 3.05. The van der Waals surface area contributed by atoms with Crippen LogP contribution in [-0.4, -0.2) is 18.6 Å². The van der Waals surface area contributed by atoms with Gasteiger partial charge >= 0.3 is 0 Å². The summed E-state index contributed by atoms with van der Waals surface area (Å²) in [5, 5.41) is 7.10. The Hall–Kier alpha value is -0.540. The van der Waals surface area contributed by atoms with E-state index in [9.17, 15) is 0 Å². The third-order valence-corrected chi connectivity index (χ3v) is 3.92. The second-order valence-corrected chi connectivity index (χ2v) is 5.14. The fourth-order valence-electron chi connectivity index (χ4n) is 2.53. The predicted molar refractivity (Wildman–Crippen MR) is 61.7 cm³/mol. The van der Waals surface area contributed by atoms with Gasteiger partial charge in [-0.25, -0.2) is 0 Å². The molecule has 0 aromatic heterocycles. The Kier molecular flexibility index (Phi) is 1.86. The average molecular weight is 253 g/mol. The number of halogens is 1. The van der Waals surface area contributed by atoms with Crippen LogP contribution in [0.3, 0.4) is 0 Å². The number of hydrogen-bond donors (Lipinski definition) is 2. The molecule has 1 atom stereocenters. The molecule has 1 unspecified atom stereocenters. The molecule has 0 amide bonds. The van der Waals surface area contributed by atoms with Gasteiger partial charge in [0.05, 0.1) is 11.2 Å². The normalized spacial score (nSPS) is 29.2. The molecule has 2 heterocycles. The van der Waals surface area contributed by atoms with Crippen molar-refractivity contribution in [3.8, 4) is 0 Å². The van der Waals surface area contributed by atoms with E-state index in [0.717, 1.165) is 19.5 Å². The second kappa shape index (κ2) is 2.97. The summed E-state index contributed by atoms with van der Waals surface area (Å²) in [6, 6.07) is 6.44. The molecule has 2 aliphatic heterocycles. The summed E-state index contributed by atoms with van der Waals surface area (Å²) in [6.45, 7) is 2.23. The highest BCUT2D eigenvalue weighted by Crippen LogP contribution is 2.39. The van der Waals surface area contributed by atoms with Crippen LogP contribution in [-0.2, 0) is 6.42 Å². The maximum Gasteiger partial charge on any atom is 0.0551 e. The minimum absolute atomic E-state index is 0.298. The van der Waals surface area contributed by atoms with Gasteiger partial charge in [0.25, 0.3) is 0 Å². The number of rotatable bonds is 0. The van der Waals surface area contributed by atoms with E-state index >= 15 is 0 Å². The fourth-order valence-corrected chi connectivity index (χ4v) is 3.04. The molecule has 1 spiro atoms. The van der Waals surface area contributed by atoms with Gasteiger partial charge in [-0.05, 0) is 46.9 Å². The molecular formula is C11H13BrN2. The van der Waals surface area contributed by atoms with E-state index in [-0.39, 0.29) is 0 Å². The van der Waals surface area contributed by atoms with Crippen molar-refractivity contribution in [3.05, 3.63) is 28.2 Å². The van der Waals surface area contributed by atoms with Crippen LogP contribution in [0.25, 0.3) is 0 Å². The summed E-state index contributed by atoms with van der Waals surface area (Å²) in [7, 11) is 0. The van der Waals surface area contributed by atoms with Gasteiger partial charge in [0.2, 0.25) is 0 Å². The quantitative estimate of drug-likeness (QED) is 0.740. The molecule has 1 saturated heterocycles. The summed E-state index contributed by atoms with van der Waals surface area (Å²) in [4.78, 5) is 0. The van der Waals surface area contributed by atoms with E-state index < -0.39 is 0 Å². The Balaban J connectivity index is 2.00. The van der Waals surface area contributed by atoms with Gasteiger partial charge in [-0.2, -0.15) is 0 Å². The fraction of sp³-hybridized carbons (Fsp3) is 0.455. The average Bonchev–Trinajstić information content (AvgIpc) is 2.75. The molecule has 1 aromatic rings. The van der Waals surface area contributed by atoms with Crippen LogP contribution in [0.5, 0.6) is 0 Å². The van der Waals surface area contributed by atoms with Crippen molar-refractivity contribution in [1.29, 1.82) is 0 Å². The molecule has 0 bridgehead atoms. The number of anilines is 1. The molecule has 3 heteroatoms. The second-order valence-electron chi connectivity index (χ2n) is 4.28. The third kappa shape index (κ3) is 1.19. The van der Waals surface area contributed by atoms with Gasteiger partial charge in [0.1, 0.15) is 0 Å². The highest BCUT2D eigenvalue weighted by Gasteiger charge is 2.39. The number of nitrogens with one attached hydrogen (secondary N) is 2. The Morgan fingerprint density at radius 2 is 2.29 bits per heavy atom. The summed E-state index contributed by atoms with van der Waals surface area (Å²) < 4.78 is 1.19. The molecule has 3 rings (SSSR count). The number of benzene rings is 1. The van der Waals surface area contributed by atoms with Gasteiger partial charge in [-0.15, -0.1) is 0 Å². The molecule has 0 aliphatic carbocycles. The van der Waals surface area contributed by atoms with E-state index in [1.54, 1.807) is 0 Å². The van der Waals surface area contributed by atoms with Crippen molar-refractivity contribution in [2.45, 2.75) is 18.4 Å². The molecule has 2 aliphatic rings. The minimum atomic E-state index is 0.298. The predicted octanol–water partition coefficient (Wildman–Crippen LogP) is 2.15. The lowest BCUT2D eigenvalue weighted by atomic mass is 9.95. The zero-order chi connectivity index (χ0) is 9.60. The smallest absolute Gasteiger partial charge is 0.0551 e.